The number of anilines is 2. The van der Waals surface area contributed by atoms with Crippen LogP contribution in [0.1, 0.15) is 44.8 Å². The molecule has 0 radical (unpaired) electrons. The van der Waals surface area contributed by atoms with Gasteiger partial charge in [-0.2, -0.15) is 5.10 Å². The molecule has 2 fully saturated rings. The second kappa shape index (κ2) is 7.30. The van der Waals surface area contributed by atoms with Crippen molar-refractivity contribution >= 4 is 34.8 Å². The van der Waals surface area contributed by atoms with Crippen LogP contribution in [-0.4, -0.2) is 57.7 Å². The van der Waals surface area contributed by atoms with Gasteiger partial charge in [0.15, 0.2) is 0 Å². The molecule has 0 aliphatic carbocycles. The van der Waals surface area contributed by atoms with Crippen LogP contribution in [0.5, 0.6) is 0 Å². The van der Waals surface area contributed by atoms with E-state index in [1.807, 2.05) is 43.0 Å². The summed E-state index contributed by atoms with van der Waals surface area (Å²) in [5.74, 6) is 0.0167. The van der Waals surface area contributed by atoms with Crippen LogP contribution in [0.25, 0.3) is 0 Å². The van der Waals surface area contributed by atoms with E-state index in [0.29, 0.717) is 16.1 Å². The molecule has 9 heteroatoms. The van der Waals surface area contributed by atoms with E-state index in [9.17, 15) is 9.59 Å². The Labute approximate surface area is 202 Å². The Kier molecular flexibility index (Phi) is 4.55. The first-order valence-corrected chi connectivity index (χ1v) is 11.7. The van der Waals surface area contributed by atoms with Crippen LogP contribution in [0.3, 0.4) is 0 Å². The summed E-state index contributed by atoms with van der Waals surface area (Å²) in [5.41, 5.74) is 5.29. The predicted molar refractivity (Wildman–Crippen MR) is 129 cm³/mol. The molecule has 2 saturated heterocycles. The zero-order chi connectivity index (χ0) is 23.8. The minimum absolute atomic E-state index is 0.0233. The summed E-state index contributed by atoms with van der Waals surface area (Å²) in [6, 6.07) is 5.33. The quantitative estimate of drug-likeness (QED) is 0.578. The topological polar surface area (TPSA) is 74.6 Å². The van der Waals surface area contributed by atoms with Crippen LogP contribution >= 0.6 is 11.6 Å². The lowest BCUT2D eigenvalue weighted by Gasteiger charge is -2.61. The van der Waals surface area contributed by atoms with Crippen LogP contribution in [0.2, 0.25) is 5.02 Å². The van der Waals surface area contributed by atoms with Gasteiger partial charge >= 0.3 is 0 Å². The zero-order valence-electron chi connectivity index (χ0n) is 19.3. The highest BCUT2D eigenvalue weighted by atomic mass is 35.5. The van der Waals surface area contributed by atoms with Gasteiger partial charge in [-0.25, -0.2) is 0 Å². The summed E-state index contributed by atoms with van der Waals surface area (Å²) in [5, 5.41) is 4.73. The third-order valence-electron chi connectivity index (χ3n) is 7.41. The second-order valence-electron chi connectivity index (χ2n) is 9.81. The number of rotatable bonds is 3. The van der Waals surface area contributed by atoms with Gasteiger partial charge in [0.25, 0.3) is 11.8 Å². The van der Waals surface area contributed by atoms with Crippen molar-refractivity contribution in [3.05, 3.63) is 70.3 Å². The number of aryl methyl sites for hydroxylation is 1. The van der Waals surface area contributed by atoms with Crippen molar-refractivity contribution in [2.75, 3.05) is 36.0 Å². The summed E-state index contributed by atoms with van der Waals surface area (Å²) in [6.45, 7) is 7.31. The summed E-state index contributed by atoms with van der Waals surface area (Å²) in [6.07, 6.45) is 7.02. The first kappa shape index (κ1) is 21.2. The molecule has 0 saturated carbocycles. The Bertz CT molecular complexity index is 1340. The fourth-order valence-electron chi connectivity index (χ4n) is 5.66. The summed E-state index contributed by atoms with van der Waals surface area (Å²) in [7, 11) is 1.81. The van der Waals surface area contributed by atoms with E-state index in [-0.39, 0.29) is 23.3 Å². The monoisotopic (exact) mass is 476 g/mol. The lowest BCUT2D eigenvalue weighted by molar-refractivity contribution is -0.0105. The van der Waals surface area contributed by atoms with Gasteiger partial charge in [0, 0.05) is 55.4 Å². The van der Waals surface area contributed by atoms with Gasteiger partial charge < -0.3 is 9.80 Å². The molecule has 174 valence electrons. The lowest BCUT2D eigenvalue weighted by Crippen LogP contribution is -2.73. The molecule has 6 rings (SSSR count). The van der Waals surface area contributed by atoms with Gasteiger partial charge in [0.1, 0.15) is 0 Å². The molecule has 3 aliphatic heterocycles. The lowest BCUT2D eigenvalue weighted by atomic mass is 9.72. The Morgan fingerprint density at radius 3 is 2.56 bits per heavy atom. The number of likely N-dealkylation sites (tertiary alicyclic amines) is 1. The Morgan fingerprint density at radius 1 is 1.12 bits per heavy atom. The van der Waals surface area contributed by atoms with Crippen molar-refractivity contribution in [2.45, 2.75) is 19.9 Å². The van der Waals surface area contributed by atoms with Crippen LogP contribution < -0.4 is 9.80 Å². The van der Waals surface area contributed by atoms with Gasteiger partial charge in [-0.3, -0.25) is 24.2 Å². The average molecular weight is 477 g/mol. The van der Waals surface area contributed by atoms with Crippen LogP contribution in [0.15, 0.2) is 43.0 Å². The molecular formula is C25H25ClN6O2. The standard InChI is InChI=1S/C25H25ClN6O2/c1-15-21(30-11-25(12-30)13-31(14-25)23(33)17-7-28-29(3)10-17)8-27-9-22(15)32-16(2)20-6-18(26)4-5-19(20)24(32)34/h4-10,16H,11-14H2,1-3H3/t16-/m1/s1. The number of benzene rings is 1. The maximum atomic E-state index is 13.2. The number of pyridine rings is 1. The van der Waals surface area contributed by atoms with Gasteiger partial charge in [0.2, 0.25) is 0 Å². The molecule has 3 aromatic rings. The van der Waals surface area contributed by atoms with Crippen LogP contribution in [0, 0.1) is 12.3 Å². The largest absolute Gasteiger partial charge is 0.368 e. The fourth-order valence-corrected chi connectivity index (χ4v) is 5.84. The zero-order valence-corrected chi connectivity index (χ0v) is 20.1. The van der Waals surface area contributed by atoms with Crippen molar-refractivity contribution in [1.82, 2.24) is 19.7 Å². The van der Waals surface area contributed by atoms with Crippen LogP contribution in [0.4, 0.5) is 11.4 Å². The van der Waals surface area contributed by atoms with Gasteiger partial charge in [-0.05, 0) is 43.2 Å². The van der Waals surface area contributed by atoms with Crippen molar-refractivity contribution in [3.63, 3.8) is 0 Å². The van der Waals surface area contributed by atoms with Crippen LogP contribution in [-0.2, 0) is 7.05 Å². The normalized spacial score (nSPS) is 20.4. The minimum Gasteiger partial charge on any atom is -0.368 e. The number of fused-ring (bicyclic) bond motifs is 1. The third kappa shape index (κ3) is 3.05. The second-order valence-corrected chi connectivity index (χ2v) is 10.2. The van der Waals surface area contributed by atoms with Gasteiger partial charge in [0.05, 0.1) is 41.6 Å². The Morgan fingerprint density at radius 2 is 1.85 bits per heavy atom. The highest BCUT2D eigenvalue weighted by Crippen LogP contribution is 2.46. The molecule has 2 amide bonds. The number of carbonyl (C=O) groups excluding carboxylic acids is 2. The van der Waals surface area contributed by atoms with Crippen molar-refractivity contribution < 1.29 is 9.59 Å². The van der Waals surface area contributed by atoms with E-state index in [2.05, 4.69) is 15.0 Å². The SMILES string of the molecule is Cc1c(N2CC3(CN(C(=O)c4cnn(C)c4)C3)C2)cncc1N1C(=O)c2ccc(Cl)cc2[C@H]1C. The molecule has 34 heavy (non-hydrogen) atoms. The fraction of sp³-hybridized carbons (Fsp3) is 0.360. The van der Waals surface area contributed by atoms with E-state index >= 15 is 0 Å². The van der Waals surface area contributed by atoms with E-state index < -0.39 is 0 Å². The summed E-state index contributed by atoms with van der Waals surface area (Å²) in [4.78, 5) is 36.3. The number of aromatic nitrogens is 3. The number of nitrogens with zero attached hydrogens (tertiary/aromatic N) is 6. The molecule has 1 atom stereocenters. The van der Waals surface area contributed by atoms with Crippen molar-refractivity contribution in [3.8, 4) is 0 Å². The number of hydrogen-bond acceptors (Lipinski definition) is 5. The predicted octanol–water partition coefficient (Wildman–Crippen LogP) is 3.46. The van der Waals surface area contributed by atoms with Crippen molar-refractivity contribution in [1.29, 1.82) is 0 Å². The number of halogens is 1. The third-order valence-corrected chi connectivity index (χ3v) is 7.64. The Hall–Kier alpha value is -3.39. The molecule has 2 aromatic heterocycles. The summed E-state index contributed by atoms with van der Waals surface area (Å²) >= 11 is 6.19. The molecule has 1 aromatic carbocycles. The number of carbonyl (C=O) groups is 2. The first-order valence-electron chi connectivity index (χ1n) is 11.4. The maximum absolute atomic E-state index is 13.2. The molecule has 0 unspecified atom stereocenters. The van der Waals surface area contributed by atoms with Crippen molar-refractivity contribution in [2.24, 2.45) is 12.5 Å². The molecule has 0 bridgehead atoms. The molecule has 3 aliphatic rings. The maximum Gasteiger partial charge on any atom is 0.259 e. The van der Waals surface area contributed by atoms with E-state index in [1.165, 1.54) is 0 Å². The van der Waals surface area contributed by atoms with Gasteiger partial charge in [-0.15, -0.1) is 0 Å². The van der Waals surface area contributed by atoms with E-state index in [1.54, 1.807) is 35.4 Å². The average Bonchev–Trinajstić information content (AvgIpc) is 3.28. The summed E-state index contributed by atoms with van der Waals surface area (Å²) < 4.78 is 1.65. The molecule has 1 spiro atoms. The molecule has 8 nitrogen and oxygen atoms in total. The highest BCUT2D eigenvalue weighted by Gasteiger charge is 2.53. The highest BCUT2D eigenvalue weighted by molar-refractivity contribution is 6.31. The molecular weight excluding hydrogens is 452 g/mol. The minimum atomic E-state index is -0.113. The first-order chi connectivity index (χ1) is 16.3. The molecule has 5 heterocycles. The Balaban J connectivity index is 1.17. The number of amides is 2. The smallest absolute Gasteiger partial charge is 0.259 e. The molecule has 0 N–H and O–H groups in total. The van der Waals surface area contributed by atoms with E-state index in [0.717, 1.165) is 48.7 Å². The number of hydrogen-bond donors (Lipinski definition) is 0. The van der Waals surface area contributed by atoms with Gasteiger partial charge in [-0.1, -0.05) is 11.6 Å². The van der Waals surface area contributed by atoms with E-state index in [4.69, 9.17) is 11.6 Å².